The van der Waals surface area contributed by atoms with Crippen molar-refractivity contribution in [2.45, 2.75) is 37.8 Å². The van der Waals surface area contributed by atoms with Crippen LogP contribution in [0.25, 0.3) is 0 Å². The summed E-state index contributed by atoms with van der Waals surface area (Å²) in [6.45, 7) is 5.52. The average Bonchev–Trinajstić information content (AvgIpc) is 2.60. The smallest absolute Gasteiger partial charge is 0.251 e. The molecule has 0 fully saturated rings. The Labute approximate surface area is 163 Å². The summed E-state index contributed by atoms with van der Waals surface area (Å²) < 4.78 is 27.2. The normalized spacial score (nSPS) is 13.0. The molecule has 0 spiro atoms. The lowest BCUT2D eigenvalue weighted by atomic mass is 10.1. The van der Waals surface area contributed by atoms with E-state index >= 15 is 0 Å². The number of hydrogen-bond acceptors (Lipinski definition) is 3. The monoisotopic (exact) mass is 438 g/mol. The van der Waals surface area contributed by atoms with E-state index in [0.29, 0.717) is 5.56 Å². The fraction of sp³-hybridized carbons (Fsp3) is 0.316. The largest absolute Gasteiger partial charge is 0.346 e. The molecule has 0 heterocycles. The van der Waals surface area contributed by atoms with E-state index in [2.05, 4.69) is 21.2 Å². The molecule has 0 aliphatic rings. The number of hydrogen-bond donors (Lipinski definition) is 1. The van der Waals surface area contributed by atoms with Gasteiger partial charge in [0.1, 0.15) is 0 Å². The second kappa shape index (κ2) is 8.33. The third kappa shape index (κ3) is 4.72. The number of benzene rings is 2. The van der Waals surface area contributed by atoms with Gasteiger partial charge in [0.2, 0.25) is 10.0 Å². The molecule has 0 aliphatic carbocycles. The molecule has 0 saturated carbocycles. The molecule has 0 bridgehead atoms. The maximum atomic E-state index is 12.5. The van der Waals surface area contributed by atoms with Crippen LogP contribution in [0.5, 0.6) is 0 Å². The summed E-state index contributed by atoms with van der Waals surface area (Å²) in [5.41, 5.74) is 1.39. The van der Waals surface area contributed by atoms with E-state index in [1.807, 2.05) is 45.0 Å². The minimum atomic E-state index is -3.56. The van der Waals surface area contributed by atoms with Crippen molar-refractivity contribution in [3.05, 3.63) is 64.1 Å². The van der Waals surface area contributed by atoms with E-state index in [1.54, 1.807) is 7.05 Å². The van der Waals surface area contributed by atoms with Gasteiger partial charge in [-0.25, -0.2) is 8.42 Å². The van der Waals surface area contributed by atoms with Gasteiger partial charge in [-0.05, 0) is 62.7 Å². The molecule has 0 radical (unpaired) electrons. The number of nitrogens with one attached hydrogen (secondary N) is 1. The Morgan fingerprint density at radius 2 is 1.69 bits per heavy atom. The number of carbonyl (C=O) groups excluding carboxylic acids is 1. The molecular formula is C19H23BrN2O3S. The number of halogens is 1. The van der Waals surface area contributed by atoms with Gasteiger partial charge in [0.05, 0.1) is 10.9 Å². The lowest BCUT2D eigenvalue weighted by molar-refractivity contribution is 0.0939. The Hall–Kier alpha value is -1.70. The van der Waals surface area contributed by atoms with Crippen molar-refractivity contribution in [3.8, 4) is 0 Å². The second-order valence-corrected chi connectivity index (χ2v) is 9.30. The Balaban J connectivity index is 2.14. The fourth-order valence-electron chi connectivity index (χ4n) is 2.36. The first-order chi connectivity index (χ1) is 12.1. The number of amides is 1. The van der Waals surface area contributed by atoms with Crippen LogP contribution in [0.15, 0.2) is 57.9 Å². The zero-order valence-corrected chi connectivity index (χ0v) is 17.6. The first kappa shape index (κ1) is 20.6. The lowest BCUT2D eigenvalue weighted by Gasteiger charge is -2.21. The molecule has 0 saturated heterocycles. The van der Waals surface area contributed by atoms with Gasteiger partial charge in [0.15, 0.2) is 0 Å². The van der Waals surface area contributed by atoms with Crippen molar-refractivity contribution in [1.82, 2.24) is 9.62 Å². The number of carbonyl (C=O) groups is 1. The van der Waals surface area contributed by atoms with E-state index in [4.69, 9.17) is 0 Å². The molecule has 0 aliphatic heterocycles. The highest BCUT2D eigenvalue weighted by Gasteiger charge is 2.23. The van der Waals surface area contributed by atoms with E-state index < -0.39 is 10.0 Å². The molecule has 0 aromatic heterocycles. The Kier molecular flexibility index (Phi) is 6.60. The number of nitrogens with zero attached hydrogens (tertiary/aromatic N) is 1. The molecule has 1 N–H and O–H groups in total. The summed E-state index contributed by atoms with van der Waals surface area (Å²) in [6, 6.07) is 13.4. The predicted octanol–water partition coefficient (Wildman–Crippen LogP) is 3.97. The van der Waals surface area contributed by atoms with E-state index in [9.17, 15) is 13.2 Å². The van der Waals surface area contributed by atoms with E-state index in [-0.39, 0.29) is 22.9 Å². The van der Waals surface area contributed by atoms with Crippen molar-refractivity contribution in [2.24, 2.45) is 0 Å². The van der Waals surface area contributed by atoms with E-state index in [1.165, 1.54) is 28.6 Å². The van der Waals surface area contributed by atoms with Crippen LogP contribution in [0.4, 0.5) is 0 Å². The highest BCUT2D eigenvalue weighted by Crippen LogP contribution is 2.20. The van der Waals surface area contributed by atoms with Crippen LogP contribution >= 0.6 is 15.9 Å². The summed E-state index contributed by atoms with van der Waals surface area (Å²) in [5.74, 6) is -0.251. The van der Waals surface area contributed by atoms with Crippen molar-refractivity contribution in [3.63, 3.8) is 0 Å². The number of rotatable bonds is 6. The maximum Gasteiger partial charge on any atom is 0.251 e. The van der Waals surface area contributed by atoms with Gasteiger partial charge in [-0.1, -0.05) is 28.1 Å². The van der Waals surface area contributed by atoms with Crippen LogP contribution in [0, 0.1) is 0 Å². The molecule has 1 unspecified atom stereocenters. The third-order valence-electron chi connectivity index (χ3n) is 4.22. The molecule has 2 aromatic rings. The van der Waals surface area contributed by atoms with Gasteiger partial charge in [-0.15, -0.1) is 0 Å². The zero-order chi connectivity index (χ0) is 19.5. The van der Waals surface area contributed by atoms with Crippen molar-refractivity contribution < 1.29 is 13.2 Å². The SMILES string of the molecule is CC(NC(=O)c1ccc(S(=O)(=O)N(C)C(C)C)cc1)c1cccc(Br)c1. The van der Waals surface area contributed by atoms with Crippen LogP contribution in [-0.4, -0.2) is 31.7 Å². The Morgan fingerprint density at radius 3 is 2.23 bits per heavy atom. The average molecular weight is 439 g/mol. The van der Waals surface area contributed by atoms with Crippen LogP contribution in [0.3, 0.4) is 0 Å². The summed E-state index contributed by atoms with van der Waals surface area (Å²) in [5, 5.41) is 2.92. The zero-order valence-electron chi connectivity index (χ0n) is 15.2. The van der Waals surface area contributed by atoms with Gasteiger partial charge < -0.3 is 5.32 Å². The summed E-state index contributed by atoms with van der Waals surface area (Å²) in [6.07, 6.45) is 0. The molecule has 2 rings (SSSR count). The van der Waals surface area contributed by atoms with Gasteiger partial charge in [0, 0.05) is 23.1 Å². The highest BCUT2D eigenvalue weighted by molar-refractivity contribution is 9.10. The summed E-state index contributed by atoms with van der Waals surface area (Å²) >= 11 is 3.42. The summed E-state index contributed by atoms with van der Waals surface area (Å²) in [4.78, 5) is 12.6. The van der Waals surface area contributed by atoms with Crippen LogP contribution < -0.4 is 5.32 Å². The first-order valence-electron chi connectivity index (χ1n) is 8.27. The standard InChI is InChI=1S/C19H23BrN2O3S/c1-13(2)22(4)26(24,25)18-10-8-15(9-11-18)19(23)21-14(3)16-6-5-7-17(20)12-16/h5-14H,1-4H3,(H,21,23). The molecule has 1 atom stereocenters. The van der Waals surface area contributed by atoms with Crippen molar-refractivity contribution in [1.29, 1.82) is 0 Å². The first-order valence-corrected chi connectivity index (χ1v) is 10.5. The summed E-state index contributed by atoms with van der Waals surface area (Å²) in [7, 11) is -2.01. The van der Waals surface area contributed by atoms with Crippen LogP contribution in [0.2, 0.25) is 0 Å². The Bertz CT molecular complexity index is 880. The van der Waals surface area contributed by atoms with Gasteiger partial charge in [-0.3, -0.25) is 4.79 Å². The minimum absolute atomic E-state index is 0.144. The van der Waals surface area contributed by atoms with Crippen molar-refractivity contribution in [2.75, 3.05) is 7.05 Å². The molecule has 5 nitrogen and oxygen atoms in total. The van der Waals surface area contributed by atoms with Crippen LogP contribution in [0.1, 0.15) is 42.7 Å². The fourth-order valence-corrected chi connectivity index (χ4v) is 4.15. The Morgan fingerprint density at radius 1 is 1.08 bits per heavy atom. The highest BCUT2D eigenvalue weighted by atomic mass is 79.9. The molecule has 26 heavy (non-hydrogen) atoms. The maximum absolute atomic E-state index is 12.5. The molecule has 1 amide bonds. The molecule has 140 valence electrons. The van der Waals surface area contributed by atoms with E-state index in [0.717, 1.165) is 10.0 Å². The number of sulfonamides is 1. The van der Waals surface area contributed by atoms with Crippen molar-refractivity contribution >= 4 is 31.9 Å². The van der Waals surface area contributed by atoms with Crippen LogP contribution in [-0.2, 0) is 10.0 Å². The molecule has 7 heteroatoms. The van der Waals surface area contributed by atoms with Gasteiger partial charge >= 0.3 is 0 Å². The quantitative estimate of drug-likeness (QED) is 0.741. The molecule has 2 aromatic carbocycles. The minimum Gasteiger partial charge on any atom is -0.346 e. The molecular weight excluding hydrogens is 416 g/mol. The van der Waals surface area contributed by atoms with Gasteiger partial charge in [0.25, 0.3) is 5.91 Å². The second-order valence-electron chi connectivity index (χ2n) is 6.39. The predicted molar refractivity (Wildman–Crippen MR) is 107 cm³/mol. The third-order valence-corrected chi connectivity index (χ3v) is 6.76. The topological polar surface area (TPSA) is 66.5 Å². The lowest BCUT2D eigenvalue weighted by Crippen LogP contribution is -2.33. The van der Waals surface area contributed by atoms with Gasteiger partial charge in [-0.2, -0.15) is 4.31 Å².